The highest BCUT2D eigenvalue weighted by Gasteiger charge is 2.05. The average molecular weight is 260 g/mol. The predicted octanol–water partition coefficient (Wildman–Crippen LogP) is 2.78. The number of Topliss-reactive ketones (excluding diaryl/α,β-unsaturated/α-hetero) is 1. The molecule has 0 saturated heterocycles. The van der Waals surface area contributed by atoms with E-state index in [0.29, 0.717) is 24.0 Å². The summed E-state index contributed by atoms with van der Waals surface area (Å²) in [5, 5.41) is 17.4. The van der Waals surface area contributed by atoms with Crippen molar-refractivity contribution in [2.24, 2.45) is 0 Å². The largest absolute Gasteiger partial charge is 0.299 e. The van der Waals surface area contributed by atoms with Gasteiger partial charge in [0.15, 0.2) is 0 Å². The molecule has 0 atom stereocenters. The second kappa shape index (κ2) is 6.31. The molecule has 0 saturated carbocycles. The number of carbonyl (C=O) groups is 1. The Bertz CT molecular complexity index is 624. The summed E-state index contributed by atoms with van der Waals surface area (Å²) >= 11 is 0. The van der Waals surface area contributed by atoms with E-state index in [1.165, 1.54) is 0 Å². The summed E-state index contributed by atoms with van der Waals surface area (Å²) in [5.41, 5.74) is 2.99. The lowest BCUT2D eigenvalue weighted by atomic mass is 10.0. The van der Waals surface area contributed by atoms with Gasteiger partial charge in [0.05, 0.1) is 23.3 Å². The number of hydrogen-bond donors (Lipinski definition) is 0. The SMILES string of the molecule is N#Cc1ccc(CC(=O)Cc2ccc(C#N)cc2)cc1. The maximum absolute atomic E-state index is 12.0. The van der Waals surface area contributed by atoms with Crippen LogP contribution in [-0.2, 0) is 17.6 Å². The van der Waals surface area contributed by atoms with E-state index >= 15 is 0 Å². The number of nitriles is 2. The number of carbonyl (C=O) groups excluding carboxylic acids is 1. The first-order valence-electron chi connectivity index (χ1n) is 6.21. The molecule has 20 heavy (non-hydrogen) atoms. The molecule has 0 radical (unpaired) electrons. The first-order valence-corrected chi connectivity index (χ1v) is 6.21. The Labute approximate surface area is 117 Å². The lowest BCUT2D eigenvalue weighted by molar-refractivity contribution is -0.117. The first kappa shape index (κ1) is 13.5. The summed E-state index contributed by atoms with van der Waals surface area (Å²) < 4.78 is 0. The Balaban J connectivity index is 1.97. The van der Waals surface area contributed by atoms with Gasteiger partial charge in [-0.1, -0.05) is 24.3 Å². The fourth-order valence-electron chi connectivity index (χ4n) is 1.91. The summed E-state index contributed by atoms with van der Waals surface area (Å²) in [5.74, 6) is 0.111. The summed E-state index contributed by atoms with van der Waals surface area (Å²) in [6.45, 7) is 0. The summed E-state index contributed by atoms with van der Waals surface area (Å²) in [6.07, 6.45) is 0.706. The molecular formula is C17H12N2O. The molecule has 3 nitrogen and oxygen atoms in total. The van der Waals surface area contributed by atoms with Gasteiger partial charge < -0.3 is 0 Å². The molecule has 3 heteroatoms. The van der Waals surface area contributed by atoms with Gasteiger partial charge in [-0.25, -0.2) is 0 Å². The molecular weight excluding hydrogens is 248 g/mol. The third-order valence-electron chi connectivity index (χ3n) is 2.97. The Hall–Kier alpha value is -2.91. The van der Waals surface area contributed by atoms with Crippen LogP contribution in [-0.4, -0.2) is 5.78 Å². The van der Waals surface area contributed by atoms with Crippen molar-refractivity contribution >= 4 is 5.78 Å². The van der Waals surface area contributed by atoms with E-state index in [4.69, 9.17) is 10.5 Å². The number of hydrogen-bond acceptors (Lipinski definition) is 3. The van der Waals surface area contributed by atoms with Crippen LogP contribution >= 0.6 is 0 Å². The number of ketones is 1. The van der Waals surface area contributed by atoms with Gasteiger partial charge in [0.25, 0.3) is 0 Å². The van der Waals surface area contributed by atoms with E-state index < -0.39 is 0 Å². The van der Waals surface area contributed by atoms with Crippen molar-refractivity contribution in [2.75, 3.05) is 0 Å². The fourth-order valence-corrected chi connectivity index (χ4v) is 1.91. The zero-order valence-electron chi connectivity index (χ0n) is 10.8. The number of rotatable bonds is 4. The molecule has 96 valence electrons. The smallest absolute Gasteiger partial charge is 0.141 e. The number of nitrogens with zero attached hydrogens (tertiary/aromatic N) is 2. The van der Waals surface area contributed by atoms with Crippen LogP contribution in [0.2, 0.25) is 0 Å². The fraction of sp³-hybridized carbons (Fsp3) is 0.118. The van der Waals surface area contributed by atoms with Crippen LogP contribution in [0.25, 0.3) is 0 Å². The number of benzene rings is 2. The molecule has 0 aliphatic rings. The van der Waals surface area contributed by atoms with Crippen LogP contribution in [0.15, 0.2) is 48.5 Å². The zero-order chi connectivity index (χ0) is 14.4. The van der Waals surface area contributed by atoms with E-state index in [9.17, 15) is 4.79 Å². The van der Waals surface area contributed by atoms with E-state index in [-0.39, 0.29) is 5.78 Å². The minimum absolute atomic E-state index is 0.111. The zero-order valence-corrected chi connectivity index (χ0v) is 10.8. The lowest BCUT2D eigenvalue weighted by Gasteiger charge is -2.02. The Morgan fingerprint density at radius 2 is 1.10 bits per heavy atom. The molecule has 0 heterocycles. The van der Waals surface area contributed by atoms with Gasteiger partial charge in [-0.15, -0.1) is 0 Å². The van der Waals surface area contributed by atoms with Gasteiger partial charge in [-0.2, -0.15) is 10.5 Å². The molecule has 0 spiro atoms. The molecule has 0 fully saturated rings. The van der Waals surface area contributed by atoms with Gasteiger partial charge in [0.1, 0.15) is 5.78 Å². The standard InChI is InChI=1S/C17H12N2O/c18-11-15-5-1-13(2-6-15)9-17(20)10-14-3-7-16(12-19)8-4-14/h1-8H,9-10H2. The molecule has 0 amide bonds. The van der Waals surface area contributed by atoms with Crippen LogP contribution in [0, 0.1) is 22.7 Å². The van der Waals surface area contributed by atoms with Crippen molar-refractivity contribution < 1.29 is 4.79 Å². The molecule has 0 aromatic heterocycles. The van der Waals surface area contributed by atoms with Crippen molar-refractivity contribution in [3.05, 3.63) is 70.8 Å². The van der Waals surface area contributed by atoms with E-state index in [1.807, 2.05) is 12.1 Å². The first-order chi connectivity index (χ1) is 9.71. The maximum Gasteiger partial charge on any atom is 0.141 e. The van der Waals surface area contributed by atoms with Gasteiger partial charge in [0, 0.05) is 12.8 Å². The lowest BCUT2D eigenvalue weighted by Crippen LogP contribution is -2.06. The minimum atomic E-state index is 0.111. The molecule has 0 aliphatic carbocycles. The topological polar surface area (TPSA) is 64.7 Å². The minimum Gasteiger partial charge on any atom is -0.299 e. The highest BCUT2D eigenvalue weighted by molar-refractivity contribution is 5.83. The third kappa shape index (κ3) is 3.54. The molecule has 0 unspecified atom stereocenters. The van der Waals surface area contributed by atoms with E-state index in [0.717, 1.165) is 11.1 Å². The van der Waals surface area contributed by atoms with Crippen molar-refractivity contribution in [1.82, 2.24) is 0 Å². The highest BCUT2D eigenvalue weighted by atomic mass is 16.1. The third-order valence-corrected chi connectivity index (χ3v) is 2.97. The Kier molecular flexibility index (Phi) is 4.27. The van der Waals surface area contributed by atoms with Crippen LogP contribution in [0.4, 0.5) is 0 Å². The molecule has 0 bridgehead atoms. The molecule has 0 N–H and O–H groups in total. The van der Waals surface area contributed by atoms with Gasteiger partial charge >= 0.3 is 0 Å². The van der Waals surface area contributed by atoms with Gasteiger partial charge in [-0.3, -0.25) is 4.79 Å². The summed E-state index contributed by atoms with van der Waals surface area (Å²) in [7, 11) is 0. The van der Waals surface area contributed by atoms with Gasteiger partial charge in [-0.05, 0) is 35.4 Å². The van der Waals surface area contributed by atoms with E-state index in [2.05, 4.69) is 0 Å². The molecule has 2 rings (SSSR count). The van der Waals surface area contributed by atoms with Crippen LogP contribution in [0.1, 0.15) is 22.3 Å². The van der Waals surface area contributed by atoms with Gasteiger partial charge in [0.2, 0.25) is 0 Å². The normalized spacial score (nSPS) is 9.50. The maximum atomic E-state index is 12.0. The molecule has 2 aromatic rings. The Morgan fingerprint density at radius 1 is 0.750 bits per heavy atom. The predicted molar refractivity (Wildman–Crippen MR) is 74.7 cm³/mol. The average Bonchev–Trinajstić information content (AvgIpc) is 2.49. The van der Waals surface area contributed by atoms with Crippen molar-refractivity contribution in [3.63, 3.8) is 0 Å². The van der Waals surface area contributed by atoms with Crippen molar-refractivity contribution in [1.29, 1.82) is 10.5 Å². The van der Waals surface area contributed by atoms with Crippen LogP contribution < -0.4 is 0 Å². The second-order valence-corrected chi connectivity index (χ2v) is 4.51. The van der Waals surface area contributed by atoms with Crippen LogP contribution in [0.5, 0.6) is 0 Å². The quantitative estimate of drug-likeness (QED) is 0.849. The second-order valence-electron chi connectivity index (χ2n) is 4.51. The molecule has 2 aromatic carbocycles. The summed E-state index contributed by atoms with van der Waals surface area (Å²) in [6, 6.07) is 18.1. The molecule has 0 aliphatic heterocycles. The van der Waals surface area contributed by atoms with Crippen molar-refractivity contribution in [2.45, 2.75) is 12.8 Å². The monoisotopic (exact) mass is 260 g/mol. The van der Waals surface area contributed by atoms with Crippen LogP contribution in [0.3, 0.4) is 0 Å². The summed E-state index contributed by atoms with van der Waals surface area (Å²) in [4.78, 5) is 12.0. The highest BCUT2D eigenvalue weighted by Crippen LogP contribution is 2.08. The Morgan fingerprint density at radius 3 is 1.40 bits per heavy atom. The van der Waals surface area contributed by atoms with Crippen molar-refractivity contribution in [3.8, 4) is 12.1 Å². The van der Waals surface area contributed by atoms with E-state index in [1.54, 1.807) is 48.5 Å².